The molecule has 4 aromatic carbocycles. The van der Waals surface area contributed by atoms with Crippen molar-refractivity contribution in [3.05, 3.63) is 105 Å². The van der Waals surface area contributed by atoms with Crippen molar-refractivity contribution in [1.29, 1.82) is 0 Å². The van der Waals surface area contributed by atoms with Gasteiger partial charge in [-0.1, -0.05) is 40.2 Å². The van der Waals surface area contributed by atoms with E-state index < -0.39 is 46.4 Å². The predicted molar refractivity (Wildman–Crippen MR) is 191 cm³/mol. The van der Waals surface area contributed by atoms with E-state index >= 15 is 0 Å². The molecule has 0 fully saturated rings. The third-order valence-corrected chi connectivity index (χ3v) is 8.49. The number of amides is 4. The molecule has 2 atom stereocenters. The highest BCUT2D eigenvalue weighted by Crippen LogP contribution is 2.38. The lowest BCUT2D eigenvalue weighted by molar-refractivity contribution is -0.384. The first-order valence-corrected chi connectivity index (χ1v) is 16.5. The Kier molecular flexibility index (Phi) is 10.4. The maximum atomic E-state index is 14.6. The van der Waals surface area contributed by atoms with Gasteiger partial charge in [0.25, 0.3) is 17.5 Å². The van der Waals surface area contributed by atoms with Crippen LogP contribution in [-0.4, -0.2) is 60.1 Å². The highest BCUT2D eigenvalue weighted by molar-refractivity contribution is 9.10. The Hall–Kier alpha value is -5.50. The summed E-state index contributed by atoms with van der Waals surface area (Å²) in [5, 5.41) is 18.2. The third kappa shape index (κ3) is 7.86. The van der Waals surface area contributed by atoms with Gasteiger partial charge in [0.1, 0.15) is 23.4 Å². The zero-order valence-corrected chi connectivity index (χ0v) is 29.6. The van der Waals surface area contributed by atoms with E-state index in [4.69, 9.17) is 9.47 Å². The standard InChI is InChI=1S/C36H36BrN5O8/c1-21(38-35(46)50-36(2,3)4)32(43)39-28-20-41(33(44)22-10-14-25(15-11-22)42(47)48)30-9-7-6-8-29(30)40(34(28)45)19-27-26-16-13-24(37)18-23(26)12-17-31(27)49-5/h6-18,21,28H,19-20H2,1-5H3,(H,38,46)(H,39,43)/t21-,28-/m0/s1. The molecule has 1 aliphatic rings. The number of rotatable bonds is 8. The first-order valence-electron chi connectivity index (χ1n) is 15.7. The normalized spacial score (nSPS) is 15.1. The van der Waals surface area contributed by atoms with E-state index in [0.29, 0.717) is 22.7 Å². The monoisotopic (exact) mass is 745 g/mol. The Balaban J connectivity index is 1.58. The van der Waals surface area contributed by atoms with Gasteiger partial charge in [0, 0.05) is 27.7 Å². The summed E-state index contributed by atoms with van der Waals surface area (Å²) < 4.78 is 11.9. The Labute approximate surface area is 296 Å². The quantitative estimate of drug-likeness (QED) is 0.161. The van der Waals surface area contributed by atoms with Gasteiger partial charge in [-0.25, -0.2) is 4.79 Å². The van der Waals surface area contributed by atoms with Gasteiger partial charge in [-0.05, 0) is 80.9 Å². The van der Waals surface area contributed by atoms with Crippen molar-refractivity contribution in [2.75, 3.05) is 23.5 Å². The first kappa shape index (κ1) is 35.8. The second-order valence-electron chi connectivity index (χ2n) is 12.7. The number of methoxy groups -OCH3 is 1. The molecule has 1 aliphatic heterocycles. The molecule has 13 nitrogen and oxygen atoms in total. The number of hydrogen-bond donors (Lipinski definition) is 2. The van der Waals surface area contributed by atoms with Crippen LogP contribution < -0.4 is 25.2 Å². The molecule has 0 saturated carbocycles. The van der Waals surface area contributed by atoms with E-state index in [1.165, 1.54) is 48.1 Å². The molecule has 0 radical (unpaired) electrons. The zero-order valence-electron chi connectivity index (χ0n) is 28.1. The summed E-state index contributed by atoms with van der Waals surface area (Å²) in [5.74, 6) is -1.22. The SMILES string of the molecule is COc1ccc2cc(Br)ccc2c1CN1C(=O)[C@@H](NC(=O)[C@H](C)NC(=O)OC(C)(C)C)CN(C(=O)c2ccc([N+](=O)[O-])cc2)c2ccccc21. The number of hydrogen-bond acceptors (Lipinski definition) is 8. The molecular formula is C36H36BrN5O8. The smallest absolute Gasteiger partial charge is 0.408 e. The fourth-order valence-corrected chi connectivity index (χ4v) is 6.01. The van der Waals surface area contributed by atoms with Crippen molar-refractivity contribution < 1.29 is 33.6 Å². The molecule has 0 unspecified atom stereocenters. The van der Waals surface area contributed by atoms with Crippen molar-refractivity contribution in [3.63, 3.8) is 0 Å². The van der Waals surface area contributed by atoms with E-state index in [1.807, 2.05) is 30.3 Å². The van der Waals surface area contributed by atoms with E-state index in [-0.39, 0.29) is 24.3 Å². The van der Waals surface area contributed by atoms with Gasteiger partial charge >= 0.3 is 6.09 Å². The molecule has 260 valence electrons. The second kappa shape index (κ2) is 14.5. The largest absolute Gasteiger partial charge is 0.496 e. The number of nitro groups is 1. The number of fused-ring (bicyclic) bond motifs is 2. The number of nitrogens with zero attached hydrogens (tertiary/aromatic N) is 3. The molecule has 0 saturated heterocycles. The number of non-ortho nitro benzene ring substituents is 1. The molecule has 1 heterocycles. The molecule has 0 bridgehead atoms. The van der Waals surface area contributed by atoms with Crippen LogP contribution in [-0.2, 0) is 20.9 Å². The summed E-state index contributed by atoms with van der Waals surface area (Å²) in [6, 6.07) is 19.1. The van der Waals surface area contributed by atoms with Gasteiger partial charge in [0.2, 0.25) is 5.91 Å². The van der Waals surface area contributed by atoms with Crippen LogP contribution in [0.25, 0.3) is 10.8 Å². The molecule has 4 aromatic rings. The topological polar surface area (TPSA) is 160 Å². The number of nitrogens with one attached hydrogen (secondary N) is 2. The van der Waals surface area contributed by atoms with Gasteiger partial charge in [-0.15, -0.1) is 0 Å². The third-order valence-electron chi connectivity index (χ3n) is 7.99. The highest BCUT2D eigenvalue weighted by Gasteiger charge is 2.38. The van der Waals surface area contributed by atoms with Crippen molar-refractivity contribution >= 4 is 67.6 Å². The molecular weight excluding hydrogens is 710 g/mol. The van der Waals surface area contributed by atoms with Crippen LogP contribution in [0, 0.1) is 10.1 Å². The lowest BCUT2D eigenvalue weighted by Crippen LogP contribution is -2.56. The van der Waals surface area contributed by atoms with Gasteiger partial charge in [-0.2, -0.15) is 0 Å². The number of para-hydroxylation sites is 2. The lowest BCUT2D eigenvalue weighted by atomic mass is 10.0. The number of anilines is 2. The lowest BCUT2D eigenvalue weighted by Gasteiger charge is -2.27. The van der Waals surface area contributed by atoms with Crippen molar-refractivity contribution in [2.45, 2.75) is 51.9 Å². The first-order chi connectivity index (χ1) is 23.7. The number of carbonyl (C=O) groups excluding carboxylic acids is 4. The van der Waals surface area contributed by atoms with Crippen LogP contribution in [0.1, 0.15) is 43.6 Å². The van der Waals surface area contributed by atoms with Gasteiger partial charge in [0.05, 0.1) is 36.5 Å². The molecule has 2 N–H and O–H groups in total. The summed E-state index contributed by atoms with van der Waals surface area (Å²) in [6.07, 6.45) is -0.814. The van der Waals surface area contributed by atoms with Gasteiger partial charge in [-0.3, -0.25) is 24.5 Å². The Morgan fingerprint density at radius 2 is 1.70 bits per heavy atom. The predicted octanol–water partition coefficient (Wildman–Crippen LogP) is 6.11. The zero-order chi connectivity index (χ0) is 36.3. The molecule has 0 spiro atoms. The van der Waals surface area contributed by atoms with Crippen LogP contribution in [0.2, 0.25) is 0 Å². The molecule has 50 heavy (non-hydrogen) atoms. The number of nitro benzene ring substituents is 1. The number of carbonyl (C=O) groups is 4. The summed E-state index contributed by atoms with van der Waals surface area (Å²) in [5.41, 5.74) is 0.607. The van der Waals surface area contributed by atoms with Crippen LogP contribution in [0.5, 0.6) is 5.75 Å². The van der Waals surface area contributed by atoms with Crippen molar-refractivity contribution in [3.8, 4) is 5.75 Å². The molecule has 0 aliphatic carbocycles. The minimum absolute atomic E-state index is 0.00956. The maximum absolute atomic E-state index is 14.6. The number of benzene rings is 4. The fraction of sp³-hybridized carbons (Fsp3) is 0.278. The van der Waals surface area contributed by atoms with E-state index in [9.17, 15) is 29.3 Å². The van der Waals surface area contributed by atoms with Crippen LogP contribution in [0.3, 0.4) is 0 Å². The summed E-state index contributed by atoms with van der Waals surface area (Å²) in [6.45, 7) is 6.24. The Bertz CT molecular complexity index is 1980. The van der Waals surface area contributed by atoms with Crippen molar-refractivity contribution in [1.82, 2.24) is 10.6 Å². The summed E-state index contributed by atoms with van der Waals surface area (Å²) in [4.78, 5) is 68.3. The maximum Gasteiger partial charge on any atom is 0.408 e. The van der Waals surface area contributed by atoms with Crippen LogP contribution in [0.4, 0.5) is 21.9 Å². The molecule has 0 aromatic heterocycles. The van der Waals surface area contributed by atoms with Gasteiger partial charge < -0.3 is 29.9 Å². The highest BCUT2D eigenvalue weighted by atomic mass is 79.9. The van der Waals surface area contributed by atoms with Crippen molar-refractivity contribution in [2.24, 2.45) is 0 Å². The number of alkyl carbamates (subject to hydrolysis) is 1. The summed E-state index contributed by atoms with van der Waals surface area (Å²) >= 11 is 3.51. The summed E-state index contributed by atoms with van der Waals surface area (Å²) in [7, 11) is 1.54. The van der Waals surface area contributed by atoms with E-state index in [2.05, 4.69) is 26.6 Å². The van der Waals surface area contributed by atoms with E-state index in [1.54, 1.807) is 45.0 Å². The average molecular weight is 747 g/mol. The minimum Gasteiger partial charge on any atom is -0.496 e. The minimum atomic E-state index is -1.28. The van der Waals surface area contributed by atoms with E-state index in [0.717, 1.165) is 15.2 Å². The van der Waals surface area contributed by atoms with Gasteiger partial charge in [0.15, 0.2) is 0 Å². The van der Waals surface area contributed by atoms with Crippen LogP contribution in [0.15, 0.2) is 83.3 Å². The molecule has 4 amide bonds. The Morgan fingerprint density at radius 1 is 1.02 bits per heavy atom. The average Bonchev–Trinajstić information content (AvgIpc) is 3.17. The molecule has 14 heteroatoms. The second-order valence-corrected chi connectivity index (χ2v) is 13.6. The molecule has 5 rings (SSSR count). The number of ether oxygens (including phenoxy) is 2. The fourth-order valence-electron chi connectivity index (χ4n) is 5.63. The Morgan fingerprint density at radius 3 is 2.34 bits per heavy atom. The number of halogens is 1. The van der Waals surface area contributed by atoms with Crippen LogP contribution >= 0.6 is 15.9 Å².